The quantitative estimate of drug-likeness (QED) is 0.599. The van der Waals surface area contributed by atoms with Crippen molar-refractivity contribution in [2.75, 3.05) is 13.2 Å². The molecule has 0 radical (unpaired) electrons. The molecule has 134 valence electrons. The summed E-state index contributed by atoms with van der Waals surface area (Å²) in [6, 6.07) is 19.8. The molecule has 0 aliphatic heterocycles. The number of halogens is 1. The minimum absolute atomic E-state index is 0.239. The van der Waals surface area contributed by atoms with Gasteiger partial charge in [-0.15, -0.1) is 0 Å². The first-order valence-electron chi connectivity index (χ1n) is 8.14. The van der Waals surface area contributed by atoms with E-state index in [0.717, 1.165) is 5.75 Å². The molecule has 1 amide bonds. The lowest BCUT2D eigenvalue weighted by Crippen LogP contribution is -2.27. The van der Waals surface area contributed by atoms with Crippen molar-refractivity contribution in [1.82, 2.24) is 5.32 Å². The van der Waals surface area contributed by atoms with Gasteiger partial charge in [0.15, 0.2) is 5.76 Å². The monoisotopic (exact) mass is 371 g/mol. The van der Waals surface area contributed by atoms with Crippen LogP contribution < -0.4 is 14.8 Å². The van der Waals surface area contributed by atoms with Crippen LogP contribution in [0.1, 0.15) is 16.3 Å². The summed E-state index contributed by atoms with van der Waals surface area (Å²) in [5, 5.41) is 3.39. The number of carbonyl (C=O) groups excluding carboxylic acids is 1. The van der Waals surface area contributed by atoms with Gasteiger partial charge < -0.3 is 19.2 Å². The molecule has 2 aromatic carbocycles. The first kappa shape index (κ1) is 17.9. The summed E-state index contributed by atoms with van der Waals surface area (Å²) in [5.41, 5.74) is 0. The first-order valence-corrected chi connectivity index (χ1v) is 8.51. The number of nitrogens with one attached hydrogen (secondary N) is 1. The number of rotatable bonds is 8. The van der Waals surface area contributed by atoms with Gasteiger partial charge in [-0.25, -0.2) is 0 Å². The molecular formula is C20H18ClNO4. The fourth-order valence-electron chi connectivity index (χ4n) is 2.20. The molecule has 0 fully saturated rings. The predicted octanol–water partition coefficient (Wildman–Crippen LogP) is 4.32. The van der Waals surface area contributed by atoms with Gasteiger partial charge in [0, 0.05) is 5.02 Å². The van der Waals surface area contributed by atoms with Crippen molar-refractivity contribution in [1.29, 1.82) is 0 Å². The van der Waals surface area contributed by atoms with Crippen LogP contribution in [-0.2, 0) is 6.61 Å². The summed E-state index contributed by atoms with van der Waals surface area (Å²) in [6.07, 6.45) is 0. The minimum Gasteiger partial charge on any atom is -0.492 e. The number of hydrogen-bond acceptors (Lipinski definition) is 4. The summed E-state index contributed by atoms with van der Waals surface area (Å²) in [4.78, 5) is 12.1. The summed E-state index contributed by atoms with van der Waals surface area (Å²) in [7, 11) is 0. The molecule has 1 heterocycles. The maximum Gasteiger partial charge on any atom is 0.287 e. The molecule has 0 aliphatic rings. The Hall–Kier alpha value is -2.92. The van der Waals surface area contributed by atoms with Gasteiger partial charge in [-0.1, -0.05) is 29.8 Å². The van der Waals surface area contributed by atoms with Crippen LogP contribution in [0.5, 0.6) is 11.5 Å². The Kier molecular flexibility index (Phi) is 6.17. The zero-order valence-corrected chi connectivity index (χ0v) is 14.7. The van der Waals surface area contributed by atoms with Gasteiger partial charge >= 0.3 is 0 Å². The van der Waals surface area contributed by atoms with Gasteiger partial charge in [0.2, 0.25) is 0 Å². The molecule has 1 aromatic heterocycles. The molecule has 6 heteroatoms. The zero-order chi connectivity index (χ0) is 18.2. The van der Waals surface area contributed by atoms with Crippen LogP contribution in [0.3, 0.4) is 0 Å². The molecule has 3 aromatic rings. The maximum absolute atomic E-state index is 12.1. The molecule has 5 nitrogen and oxygen atoms in total. The molecule has 0 aliphatic carbocycles. The second kappa shape index (κ2) is 8.97. The van der Waals surface area contributed by atoms with Gasteiger partial charge in [0.25, 0.3) is 5.91 Å². The van der Waals surface area contributed by atoms with Crippen LogP contribution in [0.4, 0.5) is 0 Å². The Bertz CT molecular complexity index is 831. The van der Waals surface area contributed by atoms with Crippen molar-refractivity contribution < 1.29 is 18.7 Å². The van der Waals surface area contributed by atoms with Crippen LogP contribution >= 0.6 is 11.6 Å². The third-order valence-electron chi connectivity index (χ3n) is 3.48. The molecule has 1 N–H and O–H groups in total. The van der Waals surface area contributed by atoms with Crippen molar-refractivity contribution in [3.05, 3.63) is 83.3 Å². The van der Waals surface area contributed by atoms with E-state index >= 15 is 0 Å². The summed E-state index contributed by atoms with van der Waals surface area (Å²) < 4.78 is 16.6. The fraction of sp³-hybridized carbons (Fsp3) is 0.150. The topological polar surface area (TPSA) is 60.7 Å². The van der Waals surface area contributed by atoms with Crippen molar-refractivity contribution in [2.24, 2.45) is 0 Å². The summed E-state index contributed by atoms with van der Waals surface area (Å²) in [5.74, 6) is 1.96. The highest BCUT2D eigenvalue weighted by atomic mass is 35.5. The van der Waals surface area contributed by atoms with E-state index < -0.39 is 0 Å². The Morgan fingerprint density at radius 2 is 1.65 bits per heavy atom. The van der Waals surface area contributed by atoms with Crippen molar-refractivity contribution >= 4 is 17.5 Å². The lowest BCUT2D eigenvalue weighted by atomic mass is 10.3. The van der Waals surface area contributed by atoms with Crippen molar-refractivity contribution in [3.8, 4) is 11.5 Å². The third kappa shape index (κ3) is 5.29. The van der Waals surface area contributed by atoms with Crippen LogP contribution in [0, 0.1) is 0 Å². The lowest BCUT2D eigenvalue weighted by Gasteiger charge is -2.07. The van der Waals surface area contributed by atoms with Crippen molar-refractivity contribution in [2.45, 2.75) is 6.61 Å². The van der Waals surface area contributed by atoms with E-state index in [1.165, 1.54) is 0 Å². The van der Waals surface area contributed by atoms with Gasteiger partial charge in [-0.2, -0.15) is 0 Å². The highest BCUT2D eigenvalue weighted by Crippen LogP contribution is 2.15. The molecule has 0 spiro atoms. The first-order chi connectivity index (χ1) is 12.7. The Morgan fingerprint density at radius 3 is 2.42 bits per heavy atom. The number of hydrogen-bond donors (Lipinski definition) is 1. The highest BCUT2D eigenvalue weighted by molar-refractivity contribution is 6.30. The number of furan rings is 1. The average molecular weight is 372 g/mol. The molecule has 0 unspecified atom stereocenters. The second-order valence-electron chi connectivity index (χ2n) is 5.43. The second-order valence-corrected chi connectivity index (χ2v) is 5.86. The normalized spacial score (nSPS) is 10.3. The fourth-order valence-corrected chi connectivity index (χ4v) is 2.33. The minimum atomic E-state index is -0.296. The molecule has 0 saturated heterocycles. The van der Waals surface area contributed by atoms with E-state index in [4.69, 9.17) is 25.5 Å². The van der Waals surface area contributed by atoms with E-state index in [1.807, 2.05) is 30.3 Å². The van der Waals surface area contributed by atoms with Gasteiger partial charge in [-0.05, 0) is 48.5 Å². The summed E-state index contributed by atoms with van der Waals surface area (Å²) >= 11 is 5.81. The number of ether oxygens (including phenoxy) is 2. The Labute approximate surface area is 156 Å². The smallest absolute Gasteiger partial charge is 0.287 e. The SMILES string of the molecule is O=C(NCCOc1ccc(Cl)cc1)c1ccc(COc2ccccc2)o1. The van der Waals surface area contributed by atoms with Gasteiger partial charge in [-0.3, -0.25) is 4.79 Å². The Morgan fingerprint density at radius 1 is 0.923 bits per heavy atom. The van der Waals surface area contributed by atoms with Gasteiger partial charge in [0.05, 0.1) is 6.54 Å². The molecule has 3 rings (SSSR count). The summed E-state index contributed by atoms with van der Waals surface area (Å²) in [6.45, 7) is 0.965. The Balaban J connectivity index is 1.40. The molecule has 0 bridgehead atoms. The van der Waals surface area contributed by atoms with E-state index in [0.29, 0.717) is 29.7 Å². The van der Waals surface area contributed by atoms with E-state index in [1.54, 1.807) is 36.4 Å². The van der Waals surface area contributed by atoms with Gasteiger partial charge in [0.1, 0.15) is 30.5 Å². The number of benzene rings is 2. The van der Waals surface area contributed by atoms with Crippen LogP contribution in [0.2, 0.25) is 5.02 Å². The van der Waals surface area contributed by atoms with E-state index in [2.05, 4.69) is 5.32 Å². The zero-order valence-electron chi connectivity index (χ0n) is 14.0. The van der Waals surface area contributed by atoms with E-state index in [-0.39, 0.29) is 18.3 Å². The van der Waals surface area contributed by atoms with Crippen LogP contribution in [0.25, 0.3) is 0 Å². The number of amides is 1. The average Bonchev–Trinajstić information content (AvgIpc) is 3.15. The molecule has 0 saturated carbocycles. The third-order valence-corrected chi connectivity index (χ3v) is 3.73. The maximum atomic E-state index is 12.1. The molecular weight excluding hydrogens is 354 g/mol. The molecule has 26 heavy (non-hydrogen) atoms. The van der Waals surface area contributed by atoms with Crippen LogP contribution in [0.15, 0.2) is 71.1 Å². The van der Waals surface area contributed by atoms with E-state index in [9.17, 15) is 4.79 Å². The number of para-hydroxylation sites is 1. The standard InChI is InChI=1S/C20H18ClNO4/c21-15-6-8-17(9-7-15)24-13-12-22-20(23)19-11-10-18(26-19)14-25-16-4-2-1-3-5-16/h1-11H,12-14H2,(H,22,23). The largest absolute Gasteiger partial charge is 0.492 e. The number of carbonyl (C=O) groups is 1. The lowest BCUT2D eigenvalue weighted by molar-refractivity contribution is 0.0915. The molecule has 0 atom stereocenters. The van der Waals surface area contributed by atoms with Crippen LogP contribution in [-0.4, -0.2) is 19.1 Å². The highest BCUT2D eigenvalue weighted by Gasteiger charge is 2.11. The predicted molar refractivity (Wildman–Crippen MR) is 98.8 cm³/mol. The van der Waals surface area contributed by atoms with Crippen molar-refractivity contribution in [3.63, 3.8) is 0 Å².